The van der Waals surface area contributed by atoms with Gasteiger partial charge in [0.1, 0.15) is 0 Å². The van der Waals surface area contributed by atoms with Crippen LogP contribution in [0.4, 0.5) is 5.69 Å². The largest absolute Gasteiger partial charge is 0.320 e. The van der Waals surface area contributed by atoms with E-state index < -0.39 is 0 Å². The van der Waals surface area contributed by atoms with Gasteiger partial charge in [0.2, 0.25) is 0 Å². The van der Waals surface area contributed by atoms with Crippen LogP contribution in [-0.4, -0.2) is 5.91 Å². The van der Waals surface area contributed by atoms with Gasteiger partial charge >= 0.3 is 0 Å². The minimum Gasteiger partial charge on any atom is -0.320 e. The minimum atomic E-state index is -0.164. The Morgan fingerprint density at radius 1 is 1.39 bits per heavy atom. The highest BCUT2D eigenvalue weighted by atomic mass is 79.9. The van der Waals surface area contributed by atoms with Crippen molar-refractivity contribution in [2.24, 2.45) is 0 Å². The van der Waals surface area contributed by atoms with Crippen molar-refractivity contribution in [2.45, 2.75) is 6.92 Å². The Hall–Kier alpha value is -0.360. The topological polar surface area (TPSA) is 29.1 Å². The first-order valence-corrected chi connectivity index (χ1v) is 7.78. The summed E-state index contributed by atoms with van der Waals surface area (Å²) in [7, 11) is 0. The molecule has 1 aromatic heterocycles. The van der Waals surface area contributed by atoms with Gasteiger partial charge in [0.15, 0.2) is 0 Å². The Balaban J connectivity index is 2.27. The Labute approximate surface area is 131 Å². The molecule has 0 bridgehead atoms. The third-order valence-electron chi connectivity index (χ3n) is 2.33. The van der Waals surface area contributed by atoms with Crippen LogP contribution in [0.1, 0.15) is 15.2 Å². The maximum Gasteiger partial charge on any atom is 0.265 e. The molecule has 2 rings (SSSR count). The number of aryl methyl sites for hydroxylation is 1. The lowest BCUT2D eigenvalue weighted by molar-refractivity contribution is 0.103. The Kier molecular flexibility index (Phi) is 4.48. The van der Waals surface area contributed by atoms with Crippen LogP contribution in [0.2, 0.25) is 5.02 Å². The highest BCUT2D eigenvalue weighted by Gasteiger charge is 2.14. The molecule has 2 aromatic rings. The molecule has 18 heavy (non-hydrogen) atoms. The second kappa shape index (κ2) is 5.74. The van der Waals surface area contributed by atoms with Gasteiger partial charge in [0.05, 0.1) is 19.4 Å². The van der Waals surface area contributed by atoms with E-state index >= 15 is 0 Å². The zero-order valence-electron chi connectivity index (χ0n) is 9.26. The fourth-order valence-corrected chi connectivity index (χ4v) is 3.62. The highest BCUT2D eigenvalue weighted by Crippen LogP contribution is 2.33. The van der Waals surface area contributed by atoms with Crippen LogP contribution in [-0.2, 0) is 0 Å². The van der Waals surface area contributed by atoms with Gasteiger partial charge in [-0.05, 0) is 56.5 Å². The lowest BCUT2D eigenvalue weighted by Gasteiger charge is -2.08. The van der Waals surface area contributed by atoms with E-state index in [1.165, 1.54) is 11.3 Å². The molecule has 0 atom stereocenters. The summed E-state index contributed by atoms with van der Waals surface area (Å²) < 4.78 is 1.76. The molecule has 0 unspecified atom stereocenters. The number of carbonyl (C=O) groups is 1. The summed E-state index contributed by atoms with van der Waals surface area (Å²) in [5, 5.41) is 3.37. The molecule has 0 spiro atoms. The van der Waals surface area contributed by atoms with Gasteiger partial charge in [0.25, 0.3) is 5.91 Å². The van der Waals surface area contributed by atoms with Gasteiger partial charge in [-0.15, -0.1) is 11.3 Å². The molecule has 6 heteroatoms. The number of hydrogen-bond acceptors (Lipinski definition) is 2. The zero-order chi connectivity index (χ0) is 13.3. The number of para-hydroxylation sites is 1. The molecule has 1 aromatic carbocycles. The maximum atomic E-state index is 12.1. The number of halogens is 3. The van der Waals surface area contributed by atoms with Crippen molar-refractivity contribution in [3.8, 4) is 0 Å². The van der Waals surface area contributed by atoms with Gasteiger partial charge in [-0.3, -0.25) is 4.79 Å². The minimum absolute atomic E-state index is 0.164. The molecule has 2 nitrogen and oxygen atoms in total. The summed E-state index contributed by atoms with van der Waals surface area (Å²) in [5.41, 5.74) is 1.59. The molecule has 0 saturated heterocycles. The number of thiophene rings is 1. The lowest BCUT2D eigenvalue weighted by atomic mass is 10.2. The van der Waals surface area contributed by atoms with E-state index in [4.69, 9.17) is 11.6 Å². The van der Waals surface area contributed by atoms with Crippen molar-refractivity contribution in [2.75, 3.05) is 5.32 Å². The molecule has 0 aliphatic carbocycles. The molecule has 0 aliphatic heterocycles. The Morgan fingerprint density at radius 2 is 2.11 bits per heavy atom. The average molecular weight is 410 g/mol. The molecule has 1 heterocycles. The van der Waals surface area contributed by atoms with E-state index in [2.05, 4.69) is 37.2 Å². The van der Waals surface area contributed by atoms with Crippen LogP contribution >= 0.6 is 54.8 Å². The van der Waals surface area contributed by atoms with Crippen molar-refractivity contribution >= 4 is 66.4 Å². The number of hydrogen-bond donors (Lipinski definition) is 1. The molecule has 0 saturated carbocycles. The van der Waals surface area contributed by atoms with E-state index in [0.29, 0.717) is 15.6 Å². The maximum absolute atomic E-state index is 12.1. The Morgan fingerprint density at radius 3 is 2.67 bits per heavy atom. The fraction of sp³-hybridized carbons (Fsp3) is 0.0833. The monoisotopic (exact) mass is 407 g/mol. The van der Waals surface area contributed by atoms with Gasteiger partial charge in [0, 0.05) is 4.47 Å². The predicted molar refractivity (Wildman–Crippen MR) is 83.9 cm³/mol. The number of amides is 1. The van der Waals surface area contributed by atoms with Crippen LogP contribution in [0.3, 0.4) is 0 Å². The molecule has 1 N–H and O–H groups in total. The van der Waals surface area contributed by atoms with Gasteiger partial charge < -0.3 is 5.32 Å². The molecule has 0 radical (unpaired) electrons. The molecule has 94 valence electrons. The standard InChI is InChI=1S/C12H8Br2ClNOS/c1-6-3-2-4-8(15)10(6)16-12(17)9-5-7(13)11(14)18-9/h2-5H,1H3,(H,16,17). The third-order valence-corrected chi connectivity index (χ3v) is 5.90. The molecular formula is C12H8Br2ClNOS. The van der Waals surface area contributed by atoms with E-state index in [0.717, 1.165) is 13.8 Å². The van der Waals surface area contributed by atoms with Crippen molar-refractivity contribution in [1.82, 2.24) is 0 Å². The Bertz CT molecular complexity index is 572. The summed E-state index contributed by atoms with van der Waals surface area (Å²) in [4.78, 5) is 12.7. The number of carbonyl (C=O) groups excluding carboxylic acids is 1. The summed E-state index contributed by atoms with van der Waals surface area (Å²) in [6.07, 6.45) is 0. The molecule has 1 amide bonds. The lowest BCUT2D eigenvalue weighted by Crippen LogP contribution is -2.11. The first kappa shape index (κ1) is 14.1. The van der Waals surface area contributed by atoms with E-state index in [1.807, 2.05) is 19.1 Å². The van der Waals surface area contributed by atoms with Crippen molar-refractivity contribution in [1.29, 1.82) is 0 Å². The first-order valence-electron chi connectivity index (χ1n) is 5.00. The summed E-state index contributed by atoms with van der Waals surface area (Å²) in [6.45, 7) is 1.90. The van der Waals surface area contributed by atoms with Gasteiger partial charge in [-0.25, -0.2) is 0 Å². The first-order chi connectivity index (χ1) is 8.49. The quantitative estimate of drug-likeness (QED) is 0.698. The fourth-order valence-electron chi connectivity index (χ4n) is 1.42. The average Bonchev–Trinajstić information content (AvgIpc) is 2.64. The van der Waals surface area contributed by atoms with E-state index in [1.54, 1.807) is 12.1 Å². The number of rotatable bonds is 2. The summed E-state index contributed by atoms with van der Waals surface area (Å²) in [6, 6.07) is 7.29. The van der Waals surface area contributed by atoms with Gasteiger partial charge in [-0.2, -0.15) is 0 Å². The van der Waals surface area contributed by atoms with Crippen LogP contribution in [0.15, 0.2) is 32.5 Å². The number of nitrogens with one attached hydrogen (secondary N) is 1. The van der Waals surface area contributed by atoms with Crippen molar-refractivity contribution in [3.05, 3.63) is 48.0 Å². The number of anilines is 1. The van der Waals surface area contributed by atoms with Crippen molar-refractivity contribution in [3.63, 3.8) is 0 Å². The van der Waals surface area contributed by atoms with Crippen LogP contribution in [0.25, 0.3) is 0 Å². The van der Waals surface area contributed by atoms with Crippen molar-refractivity contribution < 1.29 is 4.79 Å². The van der Waals surface area contributed by atoms with Crippen LogP contribution < -0.4 is 5.32 Å². The second-order valence-electron chi connectivity index (χ2n) is 3.62. The molecular weight excluding hydrogens is 401 g/mol. The zero-order valence-corrected chi connectivity index (χ0v) is 14.0. The SMILES string of the molecule is Cc1cccc(Cl)c1NC(=O)c1cc(Br)c(Br)s1. The third kappa shape index (κ3) is 2.96. The second-order valence-corrected chi connectivity index (χ2v) is 7.25. The van der Waals surface area contributed by atoms with Crippen LogP contribution in [0, 0.1) is 6.92 Å². The smallest absolute Gasteiger partial charge is 0.265 e. The normalized spacial score (nSPS) is 10.4. The summed E-state index contributed by atoms with van der Waals surface area (Å²) in [5.74, 6) is -0.164. The highest BCUT2D eigenvalue weighted by molar-refractivity contribution is 9.13. The number of benzene rings is 1. The molecule has 0 fully saturated rings. The van der Waals surface area contributed by atoms with E-state index in [-0.39, 0.29) is 5.91 Å². The van der Waals surface area contributed by atoms with E-state index in [9.17, 15) is 4.79 Å². The summed E-state index contributed by atoms with van der Waals surface area (Å²) >= 11 is 14.2. The predicted octanol–water partition coefficient (Wildman–Crippen LogP) is 5.49. The van der Waals surface area contributed by atoms with Gasteiger partial charge in [-0.1, -0.05) is 23.7 Å². The molecule has 0 aliphatic rings. The van der Waals surface area contributed by atoms with Crippen LogP contribution in [0.5, 0.6) is 0 Å².